The van der Waals surface area contributed by atoms with Crippen LogP contribution in [0.15, 0.2) is 72.9 Å². The molecule has 4 rings (SSSR count). The second-order valence-electron chi connectivity index (χ2n) is 7.01. The number of benzene rings is 2. The third-order valence-electron chi connectivity index (χ3n) is 4.74. The number of para-hydroxylation sites is 1. The van der Waals surface area contributed by atoms with Crippen LogP contribution in [0.25, 0.3) is 0 Å². The van der Waals surface area contributed by atoms with Gasteiger partial charge in [0.05, 0.1) is 11.1 Å². The van der Waals surface area contributed by atoms with Gasteiger partial charge in [-0.25, -0.2) is 9.78 Å². The minimum absolute atomic E-state index is 0.0367. The zero-order chi connectivity index (χ0) is 19.7. The van der Waals surface area contributed by atoms with Gasteiger partial charge in [-0.15, -0.1) is 0 Å². The van der Waals surface area contributed by atoms with Gasteiger partial charge in [0.2, 0.25) is 5.91 Å². The maximum absolute atomic E-state index is 12.9. The lowest BCUT2D eigenvalue weighted by Crippen LogP contribution is -2.33. The first-order chi connectivity index (χ1) is 13.5. The molecule has 2 aromatic carbocycles. The molecule has 0 radical (unpaired) electrons. The summed E-state index contributed by atoms with van der Waals surface area (Å²) < 4.78 is 5.21. The van der Waals surface area contributed by atoms with Gasteiger partial charge < -0.3 is 4.74 Å². The lowest BCUT2D eigenvalue weighted by Gasteiger charge is -2.20. The normalized spacial score (nSPS) is 14.5. The number of hydrogen-bond acceptors (Lipinski definition) is 4. The third kappa shape index (κ3) is 3.09. The van der Waals surface area contributed by atoms with Crippen molar-refractivity contribution in [2.24, 2.45) is 0 Å². The maximum Gasteiger partial charge on any atom is 0.417 e. The number of hydrogen-bond donors (Lipinski definition) is 1. The fourth-order valence-electron chi connectivity index (χ4n) is 3.23. The number of rotatable bonds is 3. The molecule has 0 fully saturated rings. The maximum atomic E-state index is 12.9. The van der Waals surface area contributed by atoms with Crippen molar-refractivity contribution in [3.8, 4) is 5.75 Å². The van der Waals surface area contributed by atoms with Crippen LogP contribution >= 0.6 is 0 Å². The molecule has 1 aliphatic rings. The first kappa shape index (κ1) is 17.7. The van der Waals surface area contributed by atoms with Gasteiger partial charge in [-0.1, -0.05) is 24.3 Å². The quantitative estimate of drug-likeness (QED) is 0.725. The Morgan fingerprint density at radius 3 is 2.43 bits per heavy atom. The molecule has 0 aliphatic carbocycles. The molecule has 6 heteroatoms. The molecule has 140 valence electrons. The van der Waals surface area contributed by atoms with Crippen LogP contribution in [0.3, 0.4) is 0 Å². The molecule has 0 saturated carbocycles. The summed E-state index contributed by atoms with van der Waals surface area (Å²) in [6.45, 7) is 3.79. The summed E-state index contributed by atoms with van der Waals surface area (Å²) in [7, 11) is 0. The Bertz CT molecular complexity index is 1030. The topological polar surface area (TPSA) is 71.5 Å². The number of carbonyl (C=O) groups is 2. The lowest BCUT2D eigenvalue weighted by atomic mass is 9.87. The highest BCUT2D eigenvalue weighted by molar-refractivity contribution is 6.11. The smallest absolute Gasteiger partial charge is 0.410 e. The van der Waals surface area contributed by atoms with Crippen molar-refractivity contribution >= 4 is 29.2 Å². The first-order valence-corrected chi connectivity index (χ1v) is 8.91. The molecule has 3 aromatic rings. The summed E-state index contributed by atoms with van der Waals surface area (Å²) in [5.74, 6) is 1.07. The van der Waals surface area contributed by atoms with Crippen LogP contribution in [0.4, 0.5) is 22.0 Å². The predicted octanol–water partition coefficient (Wildman–Crippen LogP) is 4.65. The van der Waals surface area contributed by atoms with Gasteiger partial charge in [-0.05, 0) is 56.3 Å². The standard InChI is InChI=1S/C22H19N3O3/c1-22(2)18-9-6-14-23-19(18)25(20(22)26)16-12-10-15(11-13-16)24-21(27)28-17-7-4-3-5-8-17/h3-14H,1-2H3,(H,24,27). The van der Waals surface area contributed by atoms with Crippen LogP contribution in [-0.4, -0.2) is 17.0 Å². The number of pyridine rings is 1. The summed E-state index contributed by atoms with van der Waals surface area (Å²) >= 11 is 0. The Morgan fingerprint density at radius 2 is 1.71 bits per heavy atom. The molecule has 0 saturated heterocycles. The van der Waals surface area contributed by atoms with E-state index >= 15 is 0 Å². The predicted molar refractivity (Wildman–Crippen MR) is 107 cm³/mol. The van der Waals surface area contributed by atoms with Gasteiger partial charge in [0.1, 0.15) is 11.6 Å². The third-order valence-corrected chi connectivity index (χ3v) is 4.74. The number of aromatic nitrogens is 1. The molecule has 2 amide bonds. The fraction of sp³-hybridized carbons (Fsp3) is 0.136. The number of nitrogens with zero attached hydrogens (tertiary/aromatic N) is 2. The molecule has 0 bridgehead atoms. The minimum Gasteiger partial charge on any atom is -0.410 e. The second-order valence-corrected chi connectivity index (χ2v) is 7.01. The summed E-state index contributed by atoms with van der Waals surface area (Å²) in [6, 6.07) is 19.6. The zero-order valence-corrected chi connectivity index (χ0v) is 15.5. The van der Waals surface area contributed by atoms with E-state index in [0.717, 1.165) is 5.56 Å². The van der Waals surface area contributed by atoms with Crippen molar-refractivity contribution < 1.29 is 14.3 Å². The van der Waals surface area contributed by atoms with E-state index in [1.807, 2.05) is 32.0 Å². The number of anilines is 3. The highest BCUT2D eigenvalue weighted by Gasteiger charge is 2.45. The molecule has 0 atom stereocenters. The zero-order valence-electron chi connectivity index (χ0n) is 15.5. The summed E-state index contributed by atoms with van der Waals surface area (Å²) in [5.41, 5.74) is 1.52. The monoisotopic (exact) mass is 373 g/mol. The Balaban J connectivity index is 1.52. The van der Waals surface area contributed by atoms with E-state index in [0.29, 0.717) is 22.9 Å². The Hall–Kier alpha value is -3.67. The molecule has 1 aromatic heterocycles. The summed E-state index contributed by atoms with van der Waals surface area (Å²) in [6.07, 6.45) is 1.10. The van der Waals surface area contributed by atoms with Gasteiger partial charge >= 0.3 is 6.09 Å². The molecule has 6 nitrogen and oxygen atoms in total. The molecular weight excluding hydrogens is 354 g/mol. The van der Waals surface area contributed by atoms with E-state index in [4.69, 9.17) is 4.74 Å². The van der Waals surface area contributed by atoms with Crippen LogP contribution < -0.4 is 15.0 Å². The van der Waals surface area contributed by atoms with Gasteiger partial charge in [-0.2, -0.15) is 0 Å². The van der Waals surface area contributed by atoms with Crippen LogP contribution in [0.1, 0.15) is 19.4 Å². The van der Waals surface area contributed by atoms with E-state index in [1.54, 1.807) is 59.6 Å². The van der Waals surface area contributed by atoms with E-state index in [-0.39, 0.29) is 5.91 Å². The molecule has 0 spiro atoms. The SMILES string of the molecule is CC1(C)C(=O)N(c2ccc(NC(=O)Oc3ccccc3)cc2)c2ncccc21. The van der Waals surface area contributed by atoms with Crippen molar-refractivity contribution in [2.75, 3.05) is 10.2 Å². The molecule has 1 aliphatic heterocycles. The number of carbonyl (C=O) groups excluding carboxylic acids is 2. The number of amides is 2. The molecular formula is C22H19N3O3. The Kier molecular flexibility index (Phi) is 4.31. The van der Waals surface area contributed by atoms with Crippen LogP contribution in [-0.2, 0) is 10.2 Å². The number of ether oxygens (including phenoxy) is 1. The van der Waals surface area contributed by atoms with E-state index in [2.05, 4.69) is 10.3 Å². The summed E-state index contributed by atoms with van der Waals surface area (Å²) in [4.78, 5) is 31.0. The van der Waals surface area contributed by atoms with E-state index in [1.165, 1.54) is 0 Å². The minimum atomic E-state index is -0.639. The van der Waals surface area contributed by atoms with Crippen molar-refractivity contribution in [1.29, 1.82) is 0 Å². The average molecular weight is 373 g/mol. The van der Waals surface area contributed by atoms with Gasteiger partial charge in [0.25, 0.3) is 0 Å². The van der Waals surface area contributed by atoms with Crippen molar-refractivity contribution in [3.05, 3.63) is 78.5 Å². The largest absolute Gasteiger partial charge is 0.417 e. The average Bonchev–Trinajstić information content (AvgIpc) is 2.90. The molecule has 0 unspecified atom stereocenters. The van der Waals surface area contributed by atoms with Crippen LogP contribution in [0.5, 0.6) is 5.75 Å². The second kappa shape index (κ2) is 6.81. The Labute approximate surface area is 162 Å². The fourth-order valence-corrected chi connectivity index (χ4v) is 3.23. The van der Waals surface area contributed by atoms with Crippen molar-refractivity contribution in [2.45, 2.75) is 19.3 Å². The number of nitrogens with one attached hydrogen (secondary N) is 1. The van der Waals surface area contributed by atoms with E-state index in [9.17, 15) is 9.59 Å². The van der Waals surface area contributed by atoms with Crippen molar-refractivity contribution in [3.63, 3.8) is 0 Å². The first-order valence-electron chi connectivity index (χ1n) is 8.91. The highest BCUT2D eigenvalue weighted by atomic mass is 16.6. The van der Waals surface area contributed by atoms with E-state index < -0.39 is 11.5 Å². The van der Waals surface area contributed by atoms with Crippen molar-refractivity contribution in [1.82, 2.24) is 4.98 Å². The highest BCUT2D eigenvalue weighted by Crippen LogP contribution is 2.43. The van der Waals surface area contributed by atoms with Gasteiger partial charge in [-0.3, -0.25) is 15.0 Å². The summed E-state index contributed by atoms with van der Waals surface area (Å²) in [5, 5.41) is 2.67. The lowest BCUT2D eigenvalue weighted by molar-refractivity contribution is -0.121. The molecule has 28 heavy (non-hydrogen) atoms. The van der Waals surface area contributed by atoms with Crippen LogP contribution in [0, 0.1) is 0 Å². The van der Waals surface area contributed by atoms with Gasteiger partial charge in [0, 0.05) is 17.4 Å². The Morgan fingerprint density at radius 1 is 1.00 bits per heavy atom. The molecule has 2 heterocycles. The molecule has 1 N–H and O–H groups in total. The van der Waals surface area contributed by atoms with Crippen LogP contribution in [0.2, 0.25) is 0 Å². The number of fused-ring (bicyclic) bond motifs is 1. The van der Waals surface area contributed by atoms with Gasteiger partial charge in [0.15, 0.2) is 0 Å².